The molecule has 10 heteroatoms. The average molecular weight is 506 g/mol. The lowest BCUT2D eigenvalue weighted by Gasteiger charge is -2.29. The van der Waals surface area contributed by atoms with Gasteiger partial charge in [0.25, 0.3) is 5.91 Å². The highest BCUT2D eigenvalue weighted by atomic mass is 35.5. The SMILES string of the molecule is CCN1C(=O)C(Cc2cccc(OC)c2O)(OC(=O)OCCCC2COCO2)c2cc(Cl)ccc21. The summed E-state index contributed by atoms with van der Waals surface area (Å²) in [7, 11) is 1.43. The maximum Gasteiger partial charge on any atom is 0.509 e. The number of rotatable bonds is 9. The van der Waals surface area contributed by atoms with E-state index >= 15 is 0 Å². The Morgan fingerprint density at radius 2 is 2.14 bits per heavy atom. The minimum Gasteiger partial charge on any atom is -0.504 e. The van der Waals surface area contributed by atoms with Crippen LogP contribution in [0.4, 0.5) is 10.5 Å². The Labute approximate surface area is 208 Å². The molecule has 0 bridgehead atoms. The van der Waals surface area contributed by atoms with Gasteiger partial charge in [0, 0.05) is 29.1 Å². The number of aromatic hydroxyl groups is 1. The van der Waals surface area contributed by atoms with Crippen LogP contribution in [0.3, 0.4) is 0 Å². The van der Waals surface area contributed by atoms with E-state index in [9.17, 15) is 14.7 Å². The number of carbonyl (C=O) groups excluding carboxylic acids is 2. The van der Waals surface area contributed by atoms with Crippen LogP contribution in [-0.4, -0.2) is 56.9 Å². The van der Waals surface area contributed by atoms with Crippen molar-refractivity contribution in [3.05, 3.63) is 52.5 Å². The molecule has 188 valence electrons. The molecule has 1 fully saturated rings. The molecule has 0 radical (unpaired) electrons. The molecular weight excluding hydrogens is 478 g/mol. The van der Waals surface area contributed by atoms with Gasteiger partial charge in [-0.15, -0.1) is 0 Å². The third-order valence-electron chi connectivity index (χ3n) is 6.17. The first-order chi connectivity index (χ1) is 16.9. The van der Waals surface area contributed by atoms with E-state index in [2.05, 4.69) is 0 Å². The highest BCUT2D eigenvalue weighted by molar-refractivity contribution is 6.31. The van der Waals surface area contributed by atoms with Crippen molar-refractivity contribution >= 4 is 29.4 Å². The number of carbonyl (C=O) groups is 2. The molecule has 2 unspecified atom stereocenters. The number of para-hydroxylation sites is 1. The van der Waals surface area contributed by atoms with E-state index in [0.29, 0.717) is 47.8 Å². The van der Waals surface area contributed by atoms with Crippen LogP contribution in [0.1, 0.15) is 30.9 Å². The van der Waals surface area contributed by atoms with Crippen molar-refractivity contribution in [1.82, 2.24) is 0 Å². The highest BCUT2D eigenvalue weighted by Crippen LogP contribution is 2.47. The van der Waals surface area contributed by atoms with Crippen LogP contribution >= 0.6 is 11.6 Å². The second-order valence-electron chi connectivity index (χ2n) is 8.30. The Balaban J connectivity index is 1.62. The molecular formula is C25H28ClNO8. The smallest absolute Gasteiger partial charge is 0.504 e. The van der Waals surface area contributed by atoms with E-state index in [4.69, 9.17) is 35.3 Å². The number of anilines is 1. The Bertz CT molecular complexity index is 1090. The highest BCUT2D eigenvalue weighted by Gasteiger charge is 2.55. The molecule has 2 aliphatic heterocycles. The Morgan fingerprint density at radius 1 is 1.31 bits per heavy atom. The van der Waals surface area contributed by atoms with Crippen molar-refractivity contribution in [1.29, 1.82) is 0 Å². The minimum atomic E-state index is -1.78. The first kappa shape index (κ1) is 25.1. The van der Waals surface area contributed by atoms with Gasteiger partial charge in [0.2, 0.25) is 5.60 Å². The molecule has 0 saturated carbocycles. The predicted octanol–water partition coefficient (Wildman–Crippen LogP) is 4.17. The van der Waals surface area contributed by atoms with E-state index in [1.165, 1.54) is 12.0 Å². The van der Waals surface area contributed by atoms with E-state index in [1.807, 2.05) is 6.92 Å². The zero-order chi connectivity index (χ0) is 25.0. The number of benzene rings is 2. The van der Waals surface area contributed by atoms with Gasteiger partial charge in [-0.2, -0.15) is 0 Å². The zero-order valence-electron chi connectivity index (χ0n) is 19.6. The van der Waals surface area contributed by atoms with Crippen molar-refractivity contribution in [3.8, 4) is 11.5 Å². The van der Waals surface area contributed by atoms with Gasteiger partial charge in [-0.1, -0.05) is 23.7 Å². The number of fused-ring (bicyclic) bond motifs is 1. The molecule has 35 heavy (non-hydrogen) atoms. The summed E-state index contributed by atoms with van der Waals surface area (Å²) in [5.74, 6) is -0.355. The first-order valence-electron chi connectivity index (χ1n) is 11.4. The first-order valence-corrected chi connectivity index (χ1v) is 11.8. The molecule has 9 nitrogen and oxygen atoms in total. The number of nitrogens with zero attached hydrogens (tertiary/aromatic N) is 1. The number of amides is 1. The van der Waals surface area contributed by atoms with Crippen LogP contribution in [0, 0.1) is 0 Å². The minimum absolute atomic E-state index is 0.0273. The lowest BCUT2D eigenvalue weighted by molar-refractivity contribution is -0.139. The molecule has 1 amide bonds. The van der Waals surface area contributed by atoms with Crippen molar-refractivity contribution in [2.45, 2.75) is 37.9 Å². The molecule has 0 spiro atoms. The number of phenols is 1. The van der Waals surface area contributed by atoms with Crippen molar-refractivity contribution in [3.63, 3.8) is 0 Å². The summed E-state index contributed by atoms with van der Waals surface area (Å²) in [4.78, 5) is 28.1. The third-order valence-corrected chi connectivity index (χ3v) is 6.41. The predicted molar refractivity (Wildman–Crippen MR) is 127 cm³/mol. The summed E-state index contributed by atoms with van der Waals surface area (Å²) in [6, 6.07) is 9.91. The van der Waals surface area contributed by atoms with Crippen LogP contribution in [0.5, 0.6) is 11.5 Å². The summed E-state index contributed by atoms with van der Waals surface area (Å²) >= 11 is 6.28. The summed E-state index contributed by atoms with van der Waals surface area (Å²) < 4.78 is 26.9. The molecule has 2 aliphatic rings. The molecule has 2 atom stereocenters. The van der Waals surface area contributed by atoms with Crippen LogP contribution in [0.25, 0.3) is 0 Å². The summed E-state index contributed by atoms with van der Waals surface area (Å²) in [5.41, 5.74) is -0.407. The van der Waals surface area contributed by atoms with Gasteiger partial charge in [-0.05, 0) is 44.0 Å². The molecule has 4 rings (SSSR count). The largest absolute Gasteiger partial charge is 0.509 e. The topological polar surface area (TPSA) is 104 Å². The van der Waals surface area contributed by atoms with Crippen LogP contribution in [0.2, 0.25) is 5.02 Å². The van der Waals surface area contributed by atoms with Gasteiger partial charge in [0.05, 0.1) is 32.1 Å². The Morgan fingerprint density at radius 3 is 2.86 bits per heavy atom. The van der Waals surface area contributed by atoms with Gasteiger partial charge in [-0.3, -0.25) is 4.79 Å². The van der Waals surface area contributed by atoms with Crippen LogP contribution in [-0.2, 0) is 35.8 Å². The van der Waals surface area contributed by atoms with Crippen LogP contribution < -0.4 is 9.64 Å². The van der Waals surface area contributed by atoms with Crippen molar-refractivity contribution < 1.29 is 38.4 Å². The molecule has 2 heterocycles. The third kappa shape index (κ3) is 5.03. The van der Waals surface area contributed by atoms with Gasteiger partial charge in [0.1, 0.15) is 6.79 Å². The lowest BCUT2D eigenvalue weighted by atomic mass is 9.87. The second-order valence-corrected chi connectivity index (χ2v) is 8.74. The van der Waals surface area contributed by atoms with Gasteiger partial charge in [-0.25, -0.2) is 4.79 Å². The molecule has 0 aliphatic carbocycles. The number of ether oxygens (including phenoxy) is 5. The number of phenolic OH excluding ortho intramolecular Hbond substituents is 1. The number of halogens is 1. The fourth-order valence-corrected chi connectivity index (χ4v) is 4.62. The number of hydrogen-bond acceptors (Lipinski definition) is 8. The van der Waals surface area contributed by atoms with Gasteiger partial charge in [0.15, 0.2) is 11.5 Å². The number of hydrogen-bond donors (Lipinski definition) is 1. The van der Waals surface area contributed by atoms with Gasteiger partial charge < -0.3 is 33.7 Å². The van der Waals surface area contributed by atoms with Crippen LogP contribution in [0.15, 0.2) is 36.4 Å². The summed E-state index contributed by atoms with van der Waals surface area (Å²) in [6.07, 6.45) is 0.0521. The Kier molecular flexibility index (Phi) is 7.69. The molecule has 1 saturated heterocycles. The number of methoxy groups -OCH3 is 1. The molecule has 2 aromatic rings. The standard InChI is InChI=1S/C25H28ClNO8/c1-3-27-20-10-9-17(26)12-19(20)25(23(27)29,13-16-6-4-8-21(31-2)22(16)28)35-24(30)33-11-5-7-18-14-32-15-34-18/h4,6,8-10,12,18,28H,3,5,7,11,13-15H2,1-2H3. The van der Waals surface area contributed by atoms with Crippen molar-refractivity contribution in [2.24, 2.45) is 0 Å². The van der Waals surface area contributed by atoms with E-state index in [1.54, 1.807) is 36.4 Å². The maximum atomic E-state index is 13.7. The van der Waals surface area contributed by atoms with E-state index < -0.39 is 17.7 Å². The maximum absolute atomic E-state index is 13.7. The number of likely N-dealkylation sites (N-methyl/N-ethyl adjacent to an activating group) is 1. The van der Waals surface area contributed by atoms with E-state index in [0.717, 1.165) is 0 Å². The normalized spacial score (nSPS) is 21.2. The monoisotopic (exact) mass is 505 g/mol. The fourth-order valence-electron chi connectivity index (χ4n) is 4.45. The molecule has 0 aromatic heterocycles. The second kappa shape index (κ2) is 10.7. The average Bonchev–Trinajstić information content (AvgIpc) is 3.44. The van der Waals surface area contributed by atoms with Gasteiger partial charge >= 0.3 is 6.16 Å². The summed E-state index contributed by atoms with van der Waals surface area (Å²) in [6.45, 7) is 3.04. The Hall–Kier alpha value is -3.01. The van der Waals surface area contributed by atoms with E-state index in [-0.39, 0.29) is 37.4 Å². The lowest BCUT2D eigenvalue weighted by Crippen LogP contribution is -2.45. The molecule has 2 aromatic carbocycles. The summed E-state index contributed by atoms with van der Waals surface area (Å²) in [5, 5.41) is 11.1. The molecule has 1 N–H and O–H groups in total. The van der Waals surface area contributed by atoms with Crippen molar-refractivity contribution in [2.75, 3.05) is 38.6 Å². The quantitative estimate of drug-likeness (QED) is 0.400. The zero-order valence-corrected chi connectivity index (χ0v) is 20.4. The fraction of sp³-hybridized carbons (Fsp3) is 0.440.